The van der Waals surface area contributed by atoms with Crippen LogP contribution in [0.25, 0.3) is 0 Å². The molecular formula is C14H31N2O9P+2. The summed E-state index contributed by atoms with van der Waals surface area (Å²) in [5.74, 6) is 0. The number of quaternary nitrogens is 2. The molecule has 0 rings (SSSR count). The van der Waals surface area contributed by atoms with E-state index in [1.807, 2.05) is 21.1 Å². The lowest BCUT2D eigenvalue weighted by molar-refractivity contribution is -0.938. The number of carbonyl (C=O) groups is 2. The molecule has 0 aliphatic carbocycles. The Kier molecular flexibility index (Phi) is 10.5. The predicted octanol–water partition coefficient (Wildman–Crippen LogP) is -1.06. The van der Waals surface area contributed by atoms with Gasteiger partial charge >= 0.3 is 7.82 Å². The zero-order valence-electron chi connectivity index (χ0n) is 15.9. The Bertz CT molecular complexity index is 482. The van der Waals surface area contributed by atoms with Crippen molar-refractivity contribution < 1.29 is 51.6 Å². The predicted molar refractivity (Wildman–Crippen MR) is 90.6 cm³/mol. The van der Waals surface area contributed by atoms with Crippen molar-refractivity contribution in [2.75, 3.05) is 68.1 Å². The van der Waals surface area contributed by atoms with Gasteiger partial charge in [0.2, 0.25) is 6.10 Å². The van der Waals surface area contributed by atoms with E-state index in [1.165, 1.54) is 0 Å². The van der Waals surface area contributed by atoms with Crippen LogP contribution in [0.3, 0.4) is 0 Å². The normalized spacial score (nSPS) is 17.0. The van der Waals surface area contributed by atoms with Crippen LogP contribution in [0.15, 0.2) is 0 Å². The molecule has 0 bridgehead atoms. The van der Waals surface area contributed by atoms with Crippen molar-refractivity contribution >= 4 is 20.8 Å². The van der Waals surface area contributed by atoms with Gasteiger partial charge in [-0.2, -0.15) is 0 Å². The Hall–Kier alpha value is -1.07. The van der Waals surface area contributed by atoms with Crippen LogP contribution in [-0.2, 0) is 32.7 Å². The maximum absolute atomic E-state index is 12.0. The fraction of sp³-hybridized carbons (Fsp3) is 0.857. The Morgan fingerprint density at radius 1 is 1.00 bits per heavy atom. The second-order valence-corrected chi connectivity index (χ2v) is 8.68. The molecule has 0 spiro atoms. The number of likely N-dealkylation sites (N-methyl/N-ethyl adjacent to an activating group) is 2. The summed E-state index contributed by atoms with van der Waals surface area (Å²) in [6.07, 6.45) is -2.24. The third-order valence-corrected chi connectivity index (χ3v) is 4.51. The minimum atomic E-state index is -4.39. The molecular weight excluding hydrogens is 371 g/mol. The molecule has 0 aliphatic heterocycles. The van der Waals surface area contributed by atoms with Gasteiger partial charge in [0.1, 0.15) is 26.3 Å². The number of ether oxygens (including phenoxy) is 2. The minimum Gasteiger partial charge on any atom is -0.451 e. The summed E-state index contributed by atoms with van der Waals surface area (Å²) in [5, 5.41) is 9.15. The van der Waals surface area contributed by atoms with Gasteiger partial charge in [-0.1, -0.05) is 0 Å². The number of hydrogen-bond acceptors (Lipinski definition) is 8. The van der Waals surface area contributed by atoms with Crippen molar-refractivity contribution in [3.05, 3.63) is 0 Å². The third-order valence-electron chi connectivity index (χ3n) is 3.53. The van der Waals surface area contributed by atoms with Crippen molar-refractivity contribution in [3.63, 3.8) is 0 Å². The summed E-state index contributed by atoms with van der Waals surface area (Å²) in [7, 11) is 4.54. The van der Waals surface area contributed by atoms with Gasteiger partial charge in [-0.25, -0.2) is 4.57 Å². The molecule has 11 nitrogen and oxygen atoms in total. The largest absolute Gasteiger partial charge is 0.472 e. The first-order chi connectivity index (χ1) is 11.9. The van der Waals surface area contributed by atoms with Gasteiger partial charge in [0.05, 0.1) is 41.8 Å². The lowest BCUT2D eigenvalue weighted by Crippen LogP contribution is -2.58. The van der Waals surface area contributed by atoms with E-state index in [0.717, 1.165) is 0 Å². The highest BCUT2D eigenvalue weighted by Crippen LogP contribution is 2.43. The van der Waals surface area contributed by atoms with Crippen LogP contribution in [-0.4, -0.2) is 112 Å². The van der Waals surface area contributed by atoms with Crippen molar-refractivity contribution in [2.24, 2.45) is 0 Å². The highest BCUT2D eigenvalue weighted by molar-refractivity contribution is 7.47. The van der Waals surface area contributed by atoms with Crippen molar-refractivity contribution in [2.45, 2.75) is 12.3 Å². The van der Waals surface area contributed by atoms with Crippen molar-refractivity contribution in [3.8, 4) is 0 Å². The van der Waals surface area contributed by atoms with Gasteiger partial charge in [-0.15, -0.1) is 0 Å². The molecule has 0 saturated carbocycles. The zero-order valence-corrected chi connectivity index (χ0v) is 16.8. The molecule has 0 aromatic rings. The summed E-state index contributed by atoms with van der Waals surface area (Å²) < 4.78 is 32.0. The van der Waals surface area contributed by atoms with E-state index >= 15 is 0 Å². The number of aliphatic hydroxyl groups excluding tert-OH is 1. The zero-order chi connectivity index (χ0) is 20.4. The van der Waals surface area contributed by atoms with Gasteiger partial charge < -0.3 is 24.0 Å². The highest BCUT2D eigenvalue weighted by Gasteiger charge is 2.40. The molecule has 154 valence electrons. The molecule has 0 heterocycles. The molecule has 2 N–H and O–H groups in total. The first kappa shape index (κ1) is 24.9. The molecule has 0 aromatic heterocycles. The van der Waals surface area contributed by atoms with E-state index < -0.39 is 26.8 Å². The molecule has 0 saturated heterocycles. The minimum absolute atomic E-state index is 0.0170. The maximum atomic E-state index is 12.0. The Balaban J connectivity index is 4.98. The molecule has 0 radical (unpaired) electrons. The van der Waals surface area contributed by atoms with Gasteiger partial charge in [0.15, 0.2) is 0 Å². The fourth-order valence-corrected chi connectivity index (χ4v) is 2.76. The molecule has 0 fully saturated rings. The number of rotatable bonds is 15. The topological polar surface area (TPSA) is 129 Å². The van der Waals surface area contributed by atoms with Crippen LogP contribution in [0, 0.1) is 0 Å². The van der Waals surface area contributed by atoms with Crippen molar-refractivity contribution in [1.82, 2.24) is 0 Å². The summed E-state index contributed by atoms with van der Waals surface area (Å²) in [5.41, 5.74) is 0. The quantitative estimate of drug-likeness (QED) is 0.152. The average molecular weight is 402 g/mol. The van der Waals surface area contributed by atoms with Crippen LogP contribution < -0.4 is 0 Å². The van der Waals surface area contributed by atoms with E-state index in [9.17, 15) is 19.0 Å². The Labute approximate surface area is 153 Å². The van der Waals surface area contributed by atoms with Crippen LogP contribution in [0.4, 0.5) is 0 Å². The molecule has 12 heteroatoms. The monoisotopic (exact) mass is 402 g/mol. The molecule has 0 amide bonds. The van der Waals surface area contributed by atoms with Gasteiger partial charge in [-0.05, 0) is 0 Å². The first-order valence-corrected chi connectivity index (χ1v) is 9.42. The standard InChI is InChI=1S/C14H30N2O9P/c1-15(2,3)7-9-24-26(20,21)25-10-13(22-11-18)14(23-12-19)16(4,5)6-8-17/h11-14,17H,6-10H2,1-5H3/q+1/p+1. The number of phosphoric acid groups is 1. The van der Waals surface area contributed by atoms with Gasteiger partial charge in [-0.3, -0.25) is 23.1 Å². The van der Waals surface area contributed by atoms with Crippen LogP contribution >= 0.6 is 7.82 Å². The van der Waals surface area contributed by atoms with Crippen LogP contribution in [0.1, 0.15) is 0 Å². The highest BCUT2D eigenvalue weighted by atomic mass is 31.2. The molecule has 0 aliphatic rings. The lowest BCUT2D eigenvalue weighted by atomic mass is 10.2. The first-order valence-electron chi connectivity index (χ1n) is 7.92. The number of nitrogens with zero attached hydrogens (tertiary/aromatic N) is 2. The third kappa shape index (κ3) is 10.2. The molecule has 3 atom stereocenters. The molecule has 0 aromatic carbocycles. The summed E-state index contributed by atoms with van der Waals surface area (Å²) in [6, 6.07) is 0. The van der Waals surface area contributed by atoms with Crippen molar-refractivity contribution in [1.29, 1.82) is 0 Å². The number of carbonyl (C=O) groups excluding carboxylic acids is 2. The molecule has 26 heavy (non-hydrogen) atoms. The SMILES string of the molecule is C[N+](C)(C)CCOP(=O)(O)OCC(OC=O)C(OC=O)[N+](C)(C)CCO. The smallest absolute Gasteiger partial charge is 0.451 e. The molecule has 3 unspecified atom stereocenters. The van der Waals surface area contributed by atoms with Crippen LogP contribution in [0.2, 0.25) is 0 Å². The van der Waals surface area contributed by atoms with E-state index in [0.29, 0.717) is 11.0 Å². The lowest BCUT2D eigenvalue weighted by Gasteiger charge is -2.38. The maximum Gasteiger partial charge on any atom is 0.472 e. The van der Waals surface area contributed by atoms with E-state index in [1.54, 1.807) is 14.1 Å². The fourth-order valence-electron chi connectivity index (χ4n) is 2.04. The number of hydrogen-bond donors (Lipinski definition) is 2. The van der Waals surface area contributed by atoms with E-state index in [-0.39, 0.29) is 37.2 Å². The Morgan fingerprint density at radius 3 is 2.04 bits per heavy atom. The summed E-state index contributed by atoms with van der Waals surface area (Å²) in [6.45, 7) is 0.160. The second kappa shape index (κ2) is 10.9. The summed E-state index contributed by atoms with van der Waals surface area (Å²) in [4.78, 5) is 31.3. The number of aliphatic hydroxyl groups is 1. The summed E-state index contributed by atoms with van der Waals surface area (Å²) >= 11 is 0. The second-order valence-electron chi connectivity index (χ2n) is 7.23. The average Bonchev–Trinajstić information content (AvgIpc) is 2.47. The van der Waals surface area contributed by atoms with E-state index in [2.05, 4.69) is 0 Å². The number of phosphoric ester groups is 1. The van der Waals surface area contributed by atoms with Crippen LogP contribution in [0.5, 0.6) is 0 Å². The van der Waals surface area contributed by atoms with E-state index in [4.69, 9.17) is 23.6 Å². The van der Waals surface area contributed by atoms with Gasteiger partial charge in [0.25, 0.3) is 19.2 Å². The van der Waals surface area contributed by atoms with Gasteiger partial charge in [0, 0.05) is 0 Å². The Morgan fingerprint density at radius 2 is 1.58 bits per heavy atom.